The molecule has 0 aliphatic carbocycles. The molecule has 0 amide bonds. The molecule has 9 aromatic carbocycles. The molecule has 0 aromatic heterocycles. The van der Waals surface area contributed by atoms with E-state index in [2.05, 4.69) is 231 Å². The van der Waals surface area contributed by atoms with Crippen molar-refractivity contribution in [3.05, 3.63) is 231 Å². The number of hydrogen-bond acceptors (Lipinski definition) is 6. The molecular weight excluding hydrogens is 841 g/mol. The summed E-state index contributed by atoms with van der Waals surface area (Å²) in [6.45, 7) is 0. The van der Waals surface area contributed by atoms with Gasteiger partial charge in [-0.05, 0) is 156 Å². The van der Waals surface area contributed by atoms with Crippen LogP contribution in [0.3, 0.4) is 0 Å². The maximum atomic E-state index is 2.23. The molecule has 9 aromatic rings. The van der Waals surface area contributed by atoms with Gasteiger partial charge in [-0.2, -0.15) is 0 Å². The molecule has 0 aliphatic rings. The summed E-state index contributed by atoms with van der Waals surface area (Å²) in [5.41, 5.74) is 4.97. The lowest BCUT2D eigenvalue weighted by molar-refractivity contribution is 1.30. The third-order valence-electron chi connectivity index (χ3n) is 9.46. The van der Waals surface area contributed by atoms with Crippen LogP contribution in [0.15, 0.2) is 289 Å². The quantitative estimate of drug-likeness (QED) is 0.106. The van der Waals surface area contributed by atoms with Crippen molar-refractivity contribution in [1.29, 1.82) is 0 Å². The van der Waals surface area contributed by atoms with Gasteiger partial charge < -0.3 is 0 Å². The average Bonchev–Trinajstić information content (AvgIpc) is 3.30. The van der Waals surface area contributed by atoms with Gasteiger partial charge in [0, 0.05) is 58.7 Å². The second-order valence-corrected chi connectivity index (χ2v) is 20.5. The fourth-order valence-electron chi connectivity index (χ4n) is 6.50. The van der Waals surface area contributed by atoms with Gasteiger partial charge in [-0.1, -0.05) is 168 Å². The lowest BCUT2D eigenvalue weighted by Gasteiger charge is -2.11. The van der Waals surface area contributed by atoms with Gasteiger partial charge in [-0.25, -0.2) is 0 Å². The van der Waals surface area contributed by atoms with Gasteiger partial charge >= 0.3 is 0 Å². The topological polar surface area (TPSA) is 0 Å². The first-order valence-electron chi connectivity index (χ1n) is 19.5. The zero-order chi connectivity index (χ0) is 40.4. The monoisotopic (exact) mass is 878 g/mol. The van der Waals surface area contributed by atoms with Crippen molar-refractivity contribution in [3.8, 4) is 22.3 Å². The van der Waals surface area contributed by atoms with Gasteiger partial charge in [0.05, 0.1) is 0 Å². The van der Waals surface area contributed by atoms with Gasteiger partial charge in [-0.3, -0.25) is 0 Å². The molecule has 0 N–H and O–H groups in total. The largest absolute Gasteiger partial charge is 0.0901 e. The first kappa shape index (κ1) is 40.5. The van der Waals surface area contributed by atoms with Crippen molar-refractivity contribution < 1.29 is 0 Å². The molecule has 0 radical (unpaired) electrons. The van der Waals surface area contributed by atoms with Crippen LogP contribution >= 0.6 is 70.6 Å². The van der Waals surface area contributed by atoms with Crippen molar-refractivity contribution in [1.82, 2.24) is 0 Å². The lowest BCUT2D eigenvalue weighted by atomic mass is 10.1. The minimum absolute atomic E-state index is 1.23. The Morgan fingerprint density at radius 2 is 0.383 bits per heavy atom. The van der Waals surface area contributed by atoms with Crippen LogP contribution in [0.4, 0.5) is 0 Å². The highest BCUT2D eigenvalue weighted by atomic mass is 32.2. The summed E-state index contributed by atoms with van der Waals surface area (Å²) < 4.78 is 0. The SMILES string of the molecule is c1ccc(Sc2ccc(-c3ccccc3Sc3ccc(Sc4ccc(Sc5ccc(Sc6ccccc6-c6ccc(Sc7ccccc7)cc6)cc5)cc4)cc3)cc2)cc1. The zero-order valence-corrected chi connectivity index (χ0v) is 37.3. The Morgan fingerprint density at radius 3 is 0.683 bits per heavy atom. The van der Waals surface area contributed by atoms with Crippen LogP contribution in [0.1, 0.15) is 0 Å². The number of benzene rings is 9. The third kappa shape index (κ3) is 10.9. The van der Waals surface area contributed by atoms with Crippen molar-refractivity contribution in [2.24, 2.45) is 0 Å². The Labute approximate surface area is 379 Å². The van der Waals surface area contributed by atoms with Crippen LogP contribution in [-0.2, 0) is 0 Å². The van der Waals surface area contributed by atoms with Crippen molar-refractivity contribution in [2.45, 2.75) is 58.7 Å². The van der Waals surface area contributed by atoms with Gasteiger partial charge in [0.15, 0.2) is 0 Å². The van der Waals surface area contributed by atoms with E-state index < -0.39 is 0 Å². The predicted octanol–water partition coefficient (Wildman–Crippen LogP) is 17.9. The molecule has 0 fully saturated rings. The second-order valence-electron chi connectivity index (χ2n) is 13.7. The Hall–Kier alpha value is -4.92. The Morgan fingerprint density at radius 1 is 0.167 bits per heavy atom. The Kier molecular flexibility index (Phi) is 13.6. The van der Waals surface area contributed by atoms with E-state index in [-0.39, 0.29) is 0 Å². The van der Waals surface area contributed by atoms with Crippen LogP contribution in [0.25, 0.3) is 22.3 Å². The third-order valence-corrected chi connectivity index (χ3v) is 15.7. The summed E-state index contributed by atoms with van der Waals surface area (Å²) in [4.78, 5) is 14.9. The van der Waals surface area contributed by atoms with Gasteiger partial charge in [0.2, 0.25) is 0 Å². The molecule has 0 bridgehead atoms. The molecule has 60 heavy (non-hydrogen) atoms. The summed E-state index contributed by atoms with van der Waals surface area (Å²) >= 11 is 10.8. The summed E-state index contributed by atoms with van der Waals surface area (Å²) in [6, 6.07) is 83.0. The smallest absolute Gasteiger partial charge is 0.0200 e. The van der Waals surface area contributed by atoms with E-state index in [1.165, 1.54) is 81.0 Å². The highest BCUT2D eigenvalue weighted by molar-refractivity contribution is 8.00. The highest BCUT2D eigenvalue weighted by Crippen LogP contribution is 2.41. The molecule has 0 saturated carbocycles. The summed E-state index contributed by atoms with van der Waals surface area (Å²) in [6.07, 6.45) is 0. The summed E-state index contributed by atoms with van der Waals surface area (Å²) in [7, 11) is 0. The summed E-state index contributed by atoms with van der Waals surface area (Å²) in [5, 5.41) is 0. The van der Waals surface area contributed by atoms with E-state index in [4.69, 9.17) is 0 Å². The van der Waals surface area contributed by atoms with Crippen molar-refractivity contribution >= 4 is 70.6 Å². The molecule has 0 atom stereocenters. The van der Waals surface area contributed by atoms with E-state index in [1.54, 1.807) is 47.0 Å². The van der Waals surface area contributed by atoms with Gasteiger partial charge in [-0.15, -0.1) is 0 Å². The van der Waals surface area contributed by atoms with E-state index in [0.717, 1.165) is 0 Å². The number of rotatable bonds is 14. The Bertz CT molecular complexity index is 2560. The normalized spacial score (nSPS) is 11.1. The van der Waals surface area contributed by atoms with Crippen LogP contribution in [0, 0.1) is 0 Å². The van der Waals surface area contributed by atoms with E-state index in [9.17, 15) is 0 Å². The first-order valence-corrected chi connectivity index (χ1v) is 24.4. The molecule has 9 rings (SSSR count). The molecule has 290 valence electrons. The van der Waals surface area contributed by atoms with Crippen LogP contribution in [0.5, 0.6) is 0 Å². The van der Waals surface area contributed by atoms with E-state index >= 15 is 0 Å². The molecule has 0 aliphatic heterocycles. The zero-order valence-electron chi connectivity index (χ0n) is 32.4. The minimum Gasteiger partial charge on any atom is -0.0901 e. The maximum absolute atomic E-state index is 2.23. The lowest BCUT2D eigenvalue weighted by Crippen LogP contribution is -1.84. The molecule has 0 spiro atoms. The van der Waals surface area contributed by atoms with Crippen LogP contribution in [0.2, 0.25) is 0 Å². The minimum atomic E-state index is 1.23. The maximum Gasteiger partial charge on any atom is 0.0200 e. The fraction of sp³-hybridized carbons (Fsp3) is 0. The molecule has 0 nitrogen and oxygen atoms in total. The molecular formula is C54H38S6. The van der Waals surface area contributed by atoms with Gasteiger partial charge in [0.1, 0.15) is 0 Å². The van der Waals surface area contributed by atoms with Crippen molar-refractivity contribution in [3.63, 3.8) is 0 Å². The molecule has 0 saturated heterocycles. The standard InChI is InChI=1S/C54H38S6/c1-3-11-41(12-4-1)55-43-23-19-39(20-24-43)51-15-7-9-17-53(51)59-49-35-31-47(32-36-49)57-45-27-29-46(30-28-45)58-48-33-37-50(38-34-48)60-54-18-10-8-16-52(54)40-21-25-44(26-22-40)56-42-13-5-2-6-14-42/h1-38H. The Balaban J connectivity index is 0.781. The first-order chi connectivity index (χ1) is 29.7. The van der Waals surface area contributed by atoms with Gasteiger partial charge in [0.25, 0.3) is 0 Å². The molecule has 6 heteroatoms. The van der Waals surface area contributed by atoms with Crippen LogP contribution < -0.4 is 0 Å². The van der Waals surface area contributed by atoms with E-state index in [1.807, 2.05) is 23.5 Å². The van der Waals surface area contributed by atoms with Crippen LogP contribution in [-0.4, -0.2) is 0 Å². The number of hydrogen-bond donors (Lipinski definition) is 0. The average molecular weight is 879 g/mol. The van der Waals surface area contributed by atoms with E-state index in [0.29, 0.717) is 0 Å². The second kappa shape index (κ2) is 20.1. The fourth-order valence-corrected chi connectivity index (χ4v) is 11.7. The van der Waals surface area contributed by atoms with Crippen molar-refractivity contribution in [2.75, 3.05) is 0 Å². The molecule has 0 unspecified atom stereocenters. The summed E-state index contributed by atoms with van der Waals surface area (Å²) in [5.74, 6) is 0. The highest BCUT2D eigenvalue weighted by Gasteiger charge is 2.10. The predicted molar refractivity (Wildman–Crippen MR) is 261 cm³/mol. The molecule has 0 heterocycles.